The lowest BCUT2D eigenvalue weighted by Crippen LogP contribution is -2.48. The van der Waals surface area contributed by atoms with Crippen LogP contribution in [0.2, 0.25) is 0 Å². The molecule has 0 aliphatic heterocycles. The lowest BCUT2D eigenvalue weighted by Gasteiger charge is -2.22. The number of aliphatic carboxylic acids is 1. The molecule has 2 amide bonds. The Morgan fingerprint density at radius 2 is 1.55 bits per heavy atom. The average Bonchev–Trinajstić information content (AvgIpc) is 2.36. The highest BCUT2D eigenvalue weighted by molar-refractivity contribution is 5.85. The summed E-state index contributed by atoms with van der Waals surface area (Å²) in [5.74, 6) is -2.50. The number of carboxylic acids is 1. The monoisotopic (exact) mass is 290 g/mol. The molecule has 114 valence electrons. The van der Waals surface area contributed by atoms with Crippen molar-refractivity contribution in [2.24, 2.45) is 0 Å². The van der Waals surface area contributed by atoms with Crippen molar-refractivity contribution in [3.63, 3.8) is 0 Å². The van der Waals surface area contributed by atoms with Crippen molar-refractivity contribution < 1.29 is 33.8 Å². The van der Waals surface area contributed by atoms with Crippen molar-refractivity contribution in [2.45, 2.75) is 19.4 Å². The van der Waals surface area contributed by atoms with Gasteiger partial charge in [-0.05, 0) is 6.92 Å². The number of methoxy groups -OCH3 is 2. The summed E-state index contributed by atoms with van der Waals surface area (Å²) in [7, 11) is 2.28. The standard InChI is InChI=1S/C11H18N2O7/c1-7(4-8(14)15)12-11(18)13(5-9(16)19-2)6-10(17)20-3/h7H,4-6H2,1-3H3,(H,12,18)(H,14,15). The number of carbonyl (C=O) groups is 4. The van der Waals surface area contributed by atoms with Crippen LogP contribution in [0.3, 0.4) is 0 Å². The minimum Gasteiger partial charge on any atom is -0.481 e. The largest absolute Gasteiger partial charge is 0.481 e. The van der Waals surface area contributed by atoms with E-state index < -0.39 is 43.1 Å². The van der Waals surface area contributed by atoms with Crippen LogP contribution in [-0.2, 0) is 23.9 Å². The van der Waals surface area contributed by atoms with Crippen molar-refractivity contribution in [3.8, 4) is 0 Å². The van der Waals surface area contributed by atoms with E-state index >= 15 is 0 Å². The van der Waals surface area contributed by atoms with Crippen molar-refractivity contribution >= 4 is 23.9 Å². The van der Waals surface area contributed by atoms with Crippen LogP contribution in [0.5, 0.6) is 0 Å². The summed E-state index contributed by atoms with van der Waals surface area (Å²) < 4.78 is 8.82. The predicted molar refractivity (Wildman–Crippen MR) is 65.9 cm³/mol. The molecule has 0 aliphatic rings. The van der Waals surface area contributed by atoms with Crippen LogP contribution in [0, 0.1) is 0 Å². The van der Waals surface area contributed by atoms with Crippen LogP contribution in [0.15, 0.2) is 0 Å². The zero-order valence-electron chi connectivity index (χ0n) is 11.5. The van der Waals surface area contributed by atoms with Gasteiger partial charge in [0, 0.05) is 6.04 Å². The number of urea groups is 1. The van der Waals surface area contributed by atoms with E-state index in [0.29, 0.717) is 0 Å². The number of ether oxygens (including phenoxy) is 2. The van der Waals surface area contributed by atoms with Crippen LogP contribution in [0.4, 0.5) is 4.79 Å². The molecule has 0 fully saturated rings. The van der Waals surface area contributed by atoms with E-state index in [2.05, 4.69) is 14.8 Å². The first kappa shape index (κ1) is 17.7. The fraction of sp³-hybridized carbons (Fsp3) is 0.636. The number of nitrogens with one attached hydrogen (secondary N) is 1. The zero-order valence-corrected chi connectivity index (χ0v) is 11.5. The summed E-state index contributed by atoms with van der Waals surface area (Å²) in [6.45, 7) is 0.592. The summed E-state index contributed by atoms with van der Waals surface area (Å²) in [5.41, 5.74) is 0. The quantitative estimate of drug-likeness (QED) is 0.589. The van der Waals surface area contributed by atoms with Crippen molar-refractivity contribution in [2.75, 3.05) is 27.3 Å². The van der Waals surface area contributed by atoms with Crippen LogP contribution in [0.25, 0.3) is 0 Å². The molecule has 9 nitrogen and oxygen atoms in total. The van der Waals surface area contributed by atoms with Gasteiger partial charge >= 0.3 is 23.9 Å². The number of carboxylic acid groups (broad SMARTS) is 1. The Balaban J connectivity index is 4.65. The zero-order chi connectivity index (χ0) is 15.7. The van der Waals surface area contributed by atoms with Gasteiger partial charge in [0.15, 0.2) is 0 Å². The van der Waals surface area contributed by atoms with Crippen LogP contribution < -0.4 is 5.32 Å². The van der Waals surface area contributed by atoms with Gasteiger partial charge in [-0.2, -0.15) is 0 Å². The highest BCUT2D eigenvalue weighted by Crippen LogP contribution is 1.97. The molecule has 0 aromatic heterocycles. The van der Waals surface area contributed by atoms with Crippen LogP contribution in [-0.4, -0.2) is 67.3 Å². The number of amides is 2. The molecular formula is C11H18N2O7. The Morgan fingerprint density at radius 3 is 1.90 bits per heavy atom. The van der Waals surface area contributed by atoms with Crippen molar-refractivity contribution in [1.82, 2.24) is 10.2 Å². The summed E-state index contributed by atoms with van der Waals surface area (Å²) >= 11 is 0. The number of rotatable bonds is 7. The molecule has 1 atom stereocenters. The van der Waals surface area contributed by atoms with Crippen molar-refractivity contribution in [3.05, 3.63) is 0 Å². The smallest absolute Gasteiger partial charge is 0.325 e. The maximum absolute atomic E-state index is 11.8. The van der Waals surface area contributed by atoms with E-state index in [1.165, 1.54) is 6.92 Å². The molecule has 20 heavy (non-hydrogen) atoms. The minimum absolute atomic E-state index is 0.282. The van der Waals surface area contributed by atoms with Gasteiger partial charge < -0.3 is 24.8 Å². The number of hydrogen-bond acceptors (Lipinski definition) is 6. The summed E-state index contributed by atoms with van der Waals surface area (Å²) in [6.07, 6.45) is -0.282. The Bertz CT molecular complexity index is 365. The van der Waals surface area contributed by atoms with E-state index in [9.17, 15) is 19.2 Å². The van der Waals surface area contributed by atoms with Gasteiger partial charge in [0.05, 0.1) is 20.6 Å². The summed E-state index contributed by atoms with van der Waals surface area (Å²) in [6, 6.07) is -1.41. The highest BCUT2D eigenvalue weighted by atomic mass is 16.5. The summed E-state index contributed by atoms with van der Waals surface area (Å²) in [4.78, 5) is 45.6. The second-order valence-corrected chi connectivity index (χ2v) is 3.96. The average molecular weight is 290 g/mol. The number of hydrogen-bond donors (Lipinski definition) is 2. The molecule has 1 unspecified atom stereocenters. The second kappa shape index (κ2) is 8.73. The van der Waals surface area contributed by atoms with E-state index in [-0.39, 0.29) is 6.42 Å². The molecule has 0 aromatic rings. The molecular weight excluding hydrogens is 272 g/mol. The first-order valence-corrected chi connectivity index (χ1v) is 5.71. The predicted octanol–water partition coefficient (Wildman–Crippen LogP) is -0.793. The van der Waals surface area contributed by atoms with Gasteiger partial charge in [0.1, 0.15) is 13.1 Å². The van der Waals surface area contributed by atoms with Gasteiger partial charge in [-0.15, -0.1) is 0 Å². The SMILES string of the molecule is COC(=O)CN(CC(=O)OC)C(=O)NC(C)CC(=O)O. The maximum Gasteiger partial charge on any atom is 0.325 e. The lowest BCUT2D eigenvalue weighted by molar-refractivity contribution is -0.144. The van der Waals surface area contributed by atoms with Gasteiger partial charge in [0.25, 0.3) is 0 Å². The fourth-order valence-corrected chi connectivity index (χ4v) is 1.26. The Kier molecular flexibility index (Phi) is 7.71. The van der Waals surface area contributed by atoms with E-state index in [0.717, 1.165) is 19.1 Å². The van der Waals surface area contributed by atoms with E-state index in [1.807, 2.05) is 0 Å². The van der Waals surface area contributed by atoms with Gasteiger partial charge in [-0.1, -0.05) is 0 Å². The molecule has 0 bridgehead atoms. The second-order valence-electron chi connectivity index (χ2n) is 3.96. The first-order chi connectivity index (χ1) is 9.29. The first-order valence-electron chi connectivity index (χ1n) is 5.71. The minimum atomic E-state index is -1.08. The van der Waals surface area contributed by atoms with E-state index in [4.69, 9.17) is 5.11 Å². The molecule has 0 saturated heterocycles. The highest BCUT2D eigenvalue weighted by Gasteiger charge is 2.22. The molecule has 0 aliphatic carbocycles. The third-order valence-electron chi connectivity index (χ3n) is 2.23. The Morgan fingerprint density at radius 1 is 1.10 bits per heavy atom. The molecule has 0 radical (unpaired) electrons. The van der Waals surface area contributed by atoms with Crippen molar-refractivity contribution in [1.29, 1.82) is 0 Å². The Hall–Kier alpha value is -2.32. The Labute approximate surface area is 115 Å². The molecule has 9 heteroatoms. The molecule has 0 rings (SSSR count). The third kappa shape index (κ3) is 7.19. The summed E-state index contributed by atoms with van der Waals surface area (Å²) in [5, 5.41) is 11.0. The molecule has 0 heterocycles. The molecule has 0 spiro atoms. The van der Waals surface area contributed by atoms with Gasteiger partial charge in [-0.25, -0.2) is 4.79 Å². The molecule has 0 saturated carbocycles. The normalized spacial score (nSPS) is 11.2. The van der Waals surface area contributed by atoms with Gasteiger partial charge in [0.2, 0.25) is 0 Å². The maximum atomic E-state index is 11.8. The fourth-order valence-electron chi connectivity index (χ4n) is 1.26. The number of carbonyl (C=O) groups excluding carboxylic acids is 3. The third-order valence-corrected chi connectivity index (χ3v) is 2.23. The lowest BCUT2D eigenvalue weighted by atomic mass is 10.2. The topological polar surface area (TPSA) is 122 Å². The van der Waals surface area contributed by atoms with Crippen LogP contribution >= 0.6 is 0 Å². The van der Waals surface area contributed by atoms with Gasteiger partial charge in [-0.3, -0.25) is 14.4 Å². The van der Waals surface area contributed by atoms with E-state index in [1.54, 1.807) is 0 Å². The van der Waals surface area contributed by atoms with Crippen LogP contribution in [0.1, 0.15) is 13.3 Å². The molecule has 2 N–H and O–H groups in total. The number of esters is 2. The molecule has 0 aromatic carbocycles. The number of nitrogens with zero attached hydrogens (tertiary/aromatic N) is 1.